The summed E-state index contributed by atoms with van der Waals surface area (Å²) in [5.74, 6) is 0.714. The van der Waals surface area contributed by atoms with Crippen molar-refractivity contribution >= 4 is 35.0 Å². The van der Waals surface area contributed by atoms with Crippen LogP contribution in [-0.4, -0.2) is 25.9 Å². The first-order chi connectivity index (χ1) is 13.0. The first-order valence-electron chi connectivity index (χ1n) is 8.72. The molecule has 2 aromatic carbocycles. The van der Waals surface area contributed by atoms with Crippen molar-refractivity contribution in [2.75, 3.05) is 5.32 Å². The summed E-state index contributed by atoms with van der Waals surface area (Å²) >= 11 is 7.36. The Balaban J connectivity index is 1.77. The highest BCUT2D eigenvalue weighted by Gasteiger charge is 2.21. The normalized spacial score (nSPS) is 12.0. The van der Waals surface area contributed by atoms with Crippen LogP contribution in [0.25, 0.3) is 11.4 Å². The number of anilines is 1. The van der Waals surface area contributed by atoms with Crippen LogP contribution in [0.15, 0.2) is 53.7 Å². The molecule has 5 nitrogen and oxygen atoms in total. The van der Waals surface area contributed by atoms with Crippen LogP contribution in [0.1, 0.15) is 19.4 Å². The van der Waals surface area contributed by atoms with Crippen molar-refractivity contribution in [1.82, 2.24) is 14.8 Å². The first-order valence-corrected chi connectivity index (χ1v) is 9.97. The number of carbonyl (C=O) groups is 1. The van der Waals surface area contributed by atoms with Gasteiger partial charge in [-0.05, 0) is 44.5 Å². The van der Waals surface area contributed by atoms with Gasteiger partial charge in [0.15, 0.2) is 11.0 Å². The molecular weight excluding hydrogens is 380 g/mol. The molecule has 1 aromatic heterocycles. The molecule has 1 amide bonds. The lowest BCUT2D eigenvalue weighted by molar-refractivity contribution is -0.115. The maximum absolute atomic E-state index is 12.5. The van der Waals surface area contributed by atoms with Crippen LogP contribution in [-0.2, 0) is 11.3 Å². The highest BCUT2D eigenvalue weighted by atomic mass is 35.5. The van der Waals surface area contributed by atoms with Crippen molar-refractivity contribution < 1.29 is 4.79 Å². The van der Waals surface area contributed by atoms with Gasteiger partial charge in [0.05, 0.1) is 5.25 Å². The molecule has 3 aromatic rings. The van der Waals surface area contributed by atoms with Gasteiger partial charge in [-0.3, -0.25) is 4.79 Å². The van der Waals surface area contributed by atoms with Crippen LogP contribution in [0.3, 0.4) is 0 Å². The Bertz CT molecular complexity index is 957. The van der Waals surface area contributed by atoms with Crippen molar-refractivity contribution in [2.24, 2.45) is 0 Å². The second-order valence-electron chi connectivity index (χ2n) is 6.13. The third kappa shape index (κ3) is 4.51. The molecule has 0 aliphatic rings. The maximum Gasteiger partial charge on any atom is 0.237 e. The van der Waals surface area contributed by atoms with Gasteiger partial charge in [0, 0.05) is 22.8 Å². The first kappa shape index (κ1) is 19.5. The molecule has 0 saturated heterocycles. The number of hydrogen-bond acceptors (Lipinski definition) is 4. The smallest absolute Gasteiger partial charge is 0.237 e. The van der Waals surface area contributed by atoms with Crippen molar-refractivity contribution in [3.8, 4) is 11.4 Å². The van der Waals surface area contributed by atoms with E-state index in [0.29, 0.717) is 10.7 Å². The zero-order chi connectivity index (χ0) is 19.4. The molecule has 0 aliphatic carbocycles. The Hall–Kier alpha value is -2.31. The van der Waals surface area contributed by atoms with E-state index in [1.807, 2.05) is 42.7 Å². The number of benzene rings is 2. The second-order valence-corrected chi connectivity index (χ2v) is 7.87. The van der Waals surface area contributed by atoms with E-state index >= 15 is 0 Å². The van der Waals surface area contributed by atoms with Crippen LogP contribution in [0.4, 0.5) is 5.69 Å². The number of aryl methyl sites for hydroxylation is 1. The zero-order valence-electron chi connectivity index (χ0n) is 15.4. The topological polar surface area (TPSA) is 59.8 Å². The fourth-order valence-electron chi connectivity index (χ4n) is 2.71. The number of nitrogens with one attached hydrogen (secondary N) is 1. The van der Waals surface area contributed by atoms with E-state index in [0.717, 1.165) is 28.7 Å². The minimum Gasteiger partial charge on any atom is -0.325 e. The molecule has 1 N–H and O–H groups in total. The van der Waals surface area contributed by atoms with Crippen LogP contribution >= 0.6 is 23.4 Å². The second kappa shape index (κ2) is 8.59. The van der Waals surface area contributed by atoms with E-state index in [-0.39, 0.29) is 11.2 Å². The maximum atomic E-state index is 12.5. The Labute approximate surface area is 168 Å². The van der Waals surface area contributed by atoms with Gasteiger partial charge in [-0.25, -0.2) is 0 Å². The van der Waals surface area contributed by atoms with Gasteiger partial charge in [0.25, 0.3) is 0 Å². The third-order valence-electron chi connectivity index (χ3n) is 4.16. The summed E-state index contributed by atoms with van der Waals surface area (Å²) in [4.78, 5) is 12.5. The average molecular weight is 401 g/mol. The molecule has 0 bridgehead atoms. The highest BCUT2D eigenvalue weighted by Crippen LogP contribution is 2.29. The van der Waals surface area contributed by atoms with Crippen LogP contribution < -0.4 is 5.32 Å². The number of halogens is 1. The SMILES string of the molecule is CCn1c(S[C@@H](C)C(=O)Nc2cccc(Cl)c2)nnc1-c1ccccc1C. The molecule has 27 heavy (non-hydrogen) atoms. The summed E-state index contributed by atoms with van der Waals surface area (Å²) in [5, 5.41) is 12.6. The van der Waals surface area contributed by atoms with Crippen molar-refractivity contribution in [2.45, 2.75) is 37.7 Å². The molecule has 3 rings (SSSR count). The Morgan fingerprint density at radius 3 is 2.70 bits per heavy atom. The standard InChI is InChI=1S/C20H21ClN4OS/c1-4-25-18(17-11-6-5-8-13(17)2)23-24-20(25)27-14(3)19(26)22-16-10-7-9-15(21)12-16/h5-12,14H,4H2,1-3H3,(H,22,26)/t14-/m0/s1. The van der Waals surface area contributed by atoms with Crippen molar-refractivity contribution in [1.29, 1.82) is 0 Å². The zero-order valence-corrected chi connectivity index (χ0v) is 17.0. The largest absolute Gasteiger partial charge is 0.325 e. The number of amides is 1. The van der Waals surface area contributed by atoms with E-state index in [1.54, 1.807) is 18.2 Å². The van der Waals surface area contributed by atoms with Crippen molar-refractivity contribution in [3.63, 3.8) is 0 Å². The molecule has 0 fully saturated rings. The van der Waals surface area contributed by atoms with Gasteiger partial charge >= 0.3 is 0 Å². The molecule has 0 aliphatic heterocycles. The van der Waals surface area contributed by atoms with E-state index < -0.39 is 0 Å². The molecule has 0 unspecified atom stereocenters. The average Bonchev–Trinajstić information content (AvgIpc) is 3.04. The number of rotatable bonds is 6. The number of thioether (sulfide) groups is 1. The van der Waals surface area contributed by atoms with Gasteiger partial charge in [0.1, 0.15) is 0 Å². The molecule has 1 heterocycles. The lowest BCUT2D eigenvalue weighted by Crippen LogP contribution is -2.22. The van der Waals surface area contributed by atoms with Crippen LogP contribution in [0.5, 0.6) is 0 Å². The van der Waals surface area contributed by atoms with E-state index in [9.17, 15) is 4.79 Å². The fourth-order valence-corrected chi connectivity index (χ4v) is 3.81. The number of hydrogen-bond donors (Lipinski definition) is 1. The quantitative estimate of drug-likeness (QED) is 0.588. The van der Waals surface area contributed by atoms with Crippen LogP contribution in [0.2, 0.25) is 5.02 Å². The summed E-state index contributed by atoms with van der Waals surface area (Å²) in [6.45, 7) is 6.68. The molecule has 0 spiro atoms. The summed E-state index contributed by atoms with van der Waals surface area (Å²) in [7, 11) is 0. The molecule has 0 radical (unpaired) electrons. The minimum atomic E-state index is -0.330. The molecular formula is C20H21ClN4OS. The van der Waals surface area contributed by atoms with Gasteiger partial charge in [-0.2, -0.15) is 0 Å². The third-order valence-corrected chi connectivity index (χ3v) is 5.48. The van der Waals surface area contributed by atoms with Crippen LogP contribution in [0, 0.1) is 6.92 Å². The summed E-state index contributed by atoms with van der Waals surface area (Å²) in [6, 6.07) is 15.2. The molecule has 1 atom stereocenters. The Kier molecular flexibility index (Phi) is 6.19. The summed E-state index contributed by atoms with van der Waals surface area (Å²) in [5.41, 5.74) is 2.87. The van der Waals surface area contributed by atoms with Gasteiger partial charge in [-0.15, -0.1) is 10.2 Å². The Morgan fingerprint density at radius 1 is 1.22 bits per heavy atom. The fraction of sp³-hybridized carbons (Fsp3) is 0.250. The van der Waals surface area contributed by atoms with Crippen molar-refractivity contribution in [3.05, 3.63) is 59.1 Å². The Morgan fingerprint density at radius 2 is 2.00 bits per heavy atom. The summed E-state index contributed by atoms with van der Waals surface area (Å²) < 4.78 is 2.04. The predicted octanol–water partition coefficient (Wildman–Crippen LogP) is 5.05. The molecule has 0 saturated carbocycles. The molecule has 7 heteroatoms. The minimum absolute atomic E-state index is 0.106. The van der Waals surface area contributed by atoms with E-state index in [2.05, 4.69) is 28.5 Å². The van der Waals surface area contributed by atoms with Gasteiger partial charge < -0.3 is 9.88 Å². The monoisotopic (exact) mass is 400 g/mol. The predicted molar refractivity (Wildman–Crippen MR) is 111 cm³/mol. The molecule has 140 valence electrons. The van der Waals surface area contributed by atoms with E-state index in [4.69, 9.17) is 11.6 Å². The highest BCUT2D eigenvalue weighted by molar-refractivity contribution is 8.00. The summed E-state index contributed by atoms with van der Waals surface area (Å²) in [6.07, 6.45) is 0. The van der Waals surface area contributed by atoms with E-state index in [1.165, 1.54) is 11.8 Å². The number of nitrogens with zero attached hydrogens (tertiary/aromatic N) is 3. The number of carbonyl (C=O) groups excluding carboxylic acids is 1. The van der Waals surface area contributed by atoms with Gasteiger partial charge in [-0.1, -0.05) is 53.7 Å². The lowest BCUT2D eigenvalue weighted by atomic mass is 10.1. The lowest BCUT2D eigenvalue weighted by Gasteiger charge is -2.13. The number of aromatic nitrogens is 3. The van der Waals surface area contributed by atoms with Gasteiger partial charge in [0.2, 0.25) is 5.91 Å².